The fourth-order valence-corrected chi connectivity index (χ4v) is 2.99. The van der Waals surface area contributed by atoms with Crippen LogP contribution in [0, 0.1) is 0 Å². The molecular weight excluding hydrogens is 286 g/mol. The minimum atomic E-state index is 0.748. The predicted octanol–water partition coefficient (Wildman–Crippen LogP) is 2.30. The quantitative estimate of drug-likeness (QED) is 0.675. The van der Waals surface area contributed by atoms with Crippen LogP contribution < -0.4 is 16.0 Å². The Balaban J connectivity index is 2.09. The van der Waals surface area contributed by atoms with Gasteiger partial charge in [-0.2, -0.15) is 0 Å². The summed E-state index contributed by atoms with van der Waals surface area (Å²) in [6.45, 7) is 9.85. The minimum absolute atomic E-state index is 0.748. The predicted molar refractivity (Wildman–Crippen MR) is 98.0 cm³/mol. The molecule has 0 bridgehead atoms. The van der Waals surface area contributed by atoms with Crippen LogP contribution in [0.2, 0.25) is 0 Å². The van der Waals surface area contributed by atoms with Crippen molar-refractivity contribution in [1.82, 2.24) is 9.88 Å². The number of aromatic nitrogens is 1. The number of hydrogen-bond acceptors (Lipinski definition) is 4. The van der Waals surface area contributed by atoms with Crippen molar-refractivity contribution in [3.63, 3.8) is 0 Å². The third-order valence-electron chi connectivity index (χ3n) is 3.97. The van der Waals surface area contributed by atoms with Gasteiger partial charge < -0.3 is 20.5 Å². The first-order chi connectivity index (χ1) is 11.2. The molecular formula is C18H23N5. The van der Waals surface area contributed by atoms with E-state index < -0.39 is 0 Å². The zero-order valence-corrected chi connectivity index (χ0v) is 13.5. The van der Waals surface area contributed by atoms with E-state index in [0.717, 1.165) is 43.2 Å². The number of rotatable bonds is 3. The molecule has 0 spiro atoms. The van der Waals surface area contributed by atoms with Gasteiger partial charge in [0.2, 0.25) is 0 Å². The number of hydrogen-bond donors (Lipinski definition) is 2. The van der Waals surface area contributed by atoms with Crippen LogP contribution in [0.15, 0.2) is 60.0 Å². The van der Waals surface area contributed by atoms with E-state index in [9.17, 15) is 0 Å². The Bertz CT molecular complexity index is 763. The van der Waals surface area contributed by atoms with Gasteiger partial charge in [0.15, 0.2) is 0 Å². The Kier molecular flexibility index (Phi) is 4.48. The van der Waals surface area contributed by atoms with Gasteiger partial charge in [0.1, 0.15) is 5.84 Å². The molecule has 1 aromatic carbocycles. The lowest BCUT2D eigenvalue weighted by Crippen LogP contribution is -2.43. The van der Waals surface area contributed by atoms with E-state index in [1.165, 1.54) is 17.3 Å². The maximum Gasteiger partial charge on any atom is 0.138 e. The highest BCUT2D eigenvalue weighted by atomic mass is 15.2. The molecule has 1 aliphatic heterocycles. The van der Waals surface area contributed by atoms with Crippen LogP contribution >= 0.6 is 0 Å². The number of benzene rings is 1. The summed E-state index contributed by atoms with van der Waals surface area (Å²) in [5.74, 6) is 0.771. The van der Waals surface area contributed by atoms with Crippen LogP contribution in [-0.4, -0.2) is 36.6 Å². The normalized spacial score (nSPS) is 16.4. The van der Waals surface area contributed by atoms with Gasteiger partial charge in [0.05, 0.1) is 5.52 Å². The first-order valence-corrected chi connectivity index (χ1v) is 7.89. The molecule has 0 radical (unpaired) electrons. The number of piperazine rings is 1. The Morgan fingerprint density at radius 2 is 2.09 bits per heavy atom. The van der Waals surface area contributed by atoms with Crippen molar-refractivity contribution in [2.45, 2.75) is 6.92 Å². The summed E-state index contributed by atoms with van der Waals surface area (Å²) in [6.07, 6.45) is 5.34. The molecule has 3 rings (SSSR count). The van der Waals surface area contributed by atoms with Crippen LogP contribution in [0.5, 0.6) is 0 Å². The Hall–Kier alpha value is -2.53. The topological polar surface area (TPSA) is 58.6 Å². The van der Waals surface area contributed by atoms with E-state index in [0.29, 0.717) is 0 Å². The molecule has 0 aliphatic carbocycles. The Morgan fingerprint density at radius 1 is 1.30 bits per heavy atom. The van der Waals surface area contributed by atoms with Crippen molar-refractivity contribution in [3.8, 4) is 0 Å². The lowest BCUT2D eigenvalue weighted by Gasteiger charge is -2.30. The molecule has 2 aromatic rings. The number of aliphatic imine (C=N–C) groups is 1. The molecule has 5 nitrogen and oxygen atoms in total. The van der Waals surface area contributed by atoms with E-state index in [-0.39, 0.29) is 0 Å². The van der Waals surface area contributed by atoms with Crippen molar-refractivity contribution in [2.24, 2.45) is 10.7 Å². The van der Waals surface area contributed by atoms with Crippen molar-refractivity contribution >= 4 is 22.4 Å². The van der Waals surface area contributed by atoms with Crippen LogP contribution in [0.3, 0.4) is 0 Å². The van der Waals surface area contributed by atoms with Crippen LogP contribution in [-0.2, 0) is 0 Å². The monoisotopic (exact) mass is 309 g/mol. The summed E-state index contributed by atoms with van der Waals surface area (Å²) < 4.78 is 2.05. The summed E-state index contributed by atoms with van der Waals surface area (Å²) >= 11 is 0. The first kappa shape index (κ1) is 15.4. The molecule has 1 aliphatic rings. The van der Waals surface area contributed by atoms with E-state index in [4.69, 9.17) is 5.73 Å². The van der Waals surface area contributed by atoms with Gasteiger partial charge in [-0.1, -0.05) is 12.6 Å². The largest absolute Gasteiger partial charge is 0.404 e. The van der Waals surface area contributed by atoms with Gasteiger partial charge in [0.25, 0.3) is 0 Å². The highest BCUT2D eigenvalue weighted by molar-refractivity contribution is 6.04. The first-order valence-electron chi connectivity index (χ1n) is 7.89. The molecule has 0 atom stereocenters. The molecule has 5 heteroatoms. The molecule has 23 heavy (non-hydrogen) atoms. The second kappa shape index (κ2) is 6.71. The Labute approximate surface area is 136 Å². The van der Waals surface area contributed by atoms with Crippen molar-refractivity contribution in [1.29, 1.82) is 0 Å². The highest BCUT2D eigenvalue weighted by Crippen LogP contribution is 2.28. The summed E-state index contributed by atoms with van der Waals surface area (Å²) in [5.41, 5.74) is 8.73. The number of nitrogens with two attached hydrogens (primary N) is 1. The highest BCUT2D eigenvalue weighted by Gasteiger charge is 2.15. The second-order valence-corrected chi connectivity index (χ2v) is 5.70. The van der Waals surface area contributed by atoms with Crippen molar-refractivity contribution < 1.29 is 0 Å². The summed E-state index contributed by atoms with van der Waals surface area (Å²) in [4.78, 5) is 6.92. The van der Waals surface area contributed by atoms with Gasteiger partial charge in [-0.25, -0.2) is 4.99 Å². The van der Waals surface area contributed by atoms with E-state index >= 15 is 0 Å². The Morgan fingerprint density at radius 3 is 2.78 bits per heavy atom. The van der Waals surface area contributed by atoms with Crippen LogP contribution in [0.4, 0.5) is 5.69 Å². The molecule has 120 valence electrons. The third kappa shape index (κ3) is 3.14. The van der Waals surface area contributed by atoms with Gasteiger partial charge in [-0.15, -0.1) is 0 Å². The lowest BCUT2D eigenvalue weighted by atomic mass is 10.2. The standard InChI is InChI=1S/C18H23N5/c1-14(2)21-18(6-8-19)23-11-7-15-16(4-3-5-17(15)23)22-12-9-20-10-13-22/h3-8,11,20H,1,9-10,12-13,19H2,2H3/b8-6-,21-18+. The van der Waals surface area contributed by atoms with Crippen molar-refractivity contribution in [2.75, 3.05) is 31.1 Å². The van der Waals surface area contributed by atoms with Crippen LogP contribution in [0.25, 0.3) is 10.9 Å². The number of nitrogens with one attached hydrogen (secondary N) is 1. The number of fused-ring (bicyclic) bond motifs is 1. The minimum Gasteiger partial charge on any atom is -0.404 e. The van der Waals surface area contributed by atoms with E-state index in [2.05, 4.69) is 50.6 Å². The molecule has 2 heterocycles. The van der Waals surface area contributed by atoms with E-state index in [1.54, 1.807) is 6.08 Å². The average molecular weight is 309 g/mol. The number of nitrogens with zero attached hydrogens (tertiary/aromatic N) is 3. The van der Waals surface area contributed by atoms with Crippen LogP contribution in [0.1, 0.15) is 6.92 Å². The third-order valence-corrected chi connectivity index (χ3v) is 3.97. The van der Waals surface area contributed by atoms with E-state index in [1.807, 2.05) is 13.1 Å². The van der Waals surface area contributed by atoms with Gasteiger partial charge in [0, 0.05) is 49.1 Å². The second-order valence-electron chi connectivity index (χ2n) is 5.70. The maximum atomic E-state index is 5.58. The molecule has 0 amide bonds. The maximum absolute atomic E-state index is 5.58. The van der Waals surface area contributed by atoms with Gasteiger partial charge >= 0.3 is 0 Å². The summed E-state index contributed by atoms with van der Waals surface area (Å²) in [7, 11) is 0. The van der Waals surface area contributed by atoms with Crippen molar-refractivity contribution in [3.05, 3.63) is 55.0 Å². The average Bonchev–Trinajstić information content (AvgIpc) is 2.99. The molecule has 0 unspecified atom stereocenters. The summed E-state index contributed by atoms with van der Waals surface area (Å²) in [6, 6.07) is 8.54. The van der Waals surface area contributed by atoms with Gasteiger partial charge in [-0.05, 0) is 37.4 Å². The lowest BCUT2D eigenvalue weighted by molar-refractivity contribution is 0.590. The fraction of sp³-hybridized carbons (Fsp3) is 0.278. The smallest absolute Gasteiger partial charge is 0.138 e. The molecule has 1 aromatic heterocycles. The number of anilines is 1. The fourth-order valence-electron chi connectivity index (χ4n) is 2.99. The molecule has 0 saturated carbocycles. The molecule has 1 saturated heterocycles. The summed E-state index contributed by atoms with van der Waals surface area (Å²) in [5, 5.41) is 4.63. The zero-order valence-electron chi connectivity index (χ0n) is 13.5. The van der Waals surface area contributed by atoms with Gasteiger partial charge in [-0.3, -0.25) is 0 Å². The molecule has 1 fully saturated rings. The molecule has 3 N–H and O–H groups in total. The zero-order chi connectivity index (χ0) is 16.2. The number of allylic oxidation sites excluding steroid dienone is 2. The SMILES string of the molecule is C=C(C)/N=C(\C=C/N)n1ccc2c(N3CCNCC3)cccc21.